The van der Waals surface area contributed by atoms with Crippen molar-refractivity contribution in [2.75, 3.05) is 20.1 Å². The van der Waals surface area contributed by atoms with Crippen molar-refractivity contribution in [3.05, 3.63) is 0 Å². The fourth-order valence-electron chi connectivity index (χ4n) is 3.06. The summed E-state index contributed by atoms with van der Waals surface area (Å²) in [5, 5.41) is 3.62. The lowest BCUT2D eigenvalue weighted by atomic mass is 9.77. The van der Waals surface area contributed by atoms with Gasteiger partial charge < -0.3 is 10.2 Å². The van der Waals surface area contributed by atoms with Gasteiger partial charge in [-0.1, -0.05) is 27.7 Å². The Morgan fingerprint density at radius 1 is 1.06 bits per heavy atom. The number of hydrogen-bond donors (Lipinski definition) is 1. The summed E-state index contributed by atoms with van der Waals surface area (Å²) in [4.78, 5) is 2.63. The van der Waals surface area contributed by atoms with E-state index in [4.69, 9.17) is 0 Å². The average molecular weight is 254 g/mol. The third kappa shape index (κ3) is 4.89. The molecule has 18 heavy (non-hydrogen) atoms. The third-order valence-corrected chi connectivity index (χ3v) is 4.37. The van der Waals surface area contributed by atoms with E-state index in [0.717, 1.165) is 36.4 Å². The first-order valence-corrected chi connectivity index (χ1v) is 7.84. The molecule has 0 bridgehead atoms. The van der Waals surface area contributed by atoms with Crippen LogP contribution in [0.5, 0.6) is 0 Å². The fraction of sp³-hybridized carbons (Fsp3) is 1.00. The van der Waals surface area contributed by atoms with Crippen LogP contribution >= 0.6 is 0 Å². The zero-order chi connectivity index (χ0) is 13.7. The minimum Gasteiger partial charge on any atom is -0.316 e. The summed E-state index contributed by atoms with van der Waals surface area (Å²) in [6.45, 7) is 14.0. The lowest BCUT2D eigenvalue weighted by molar-refractivity contribution is 0.0482. The number of hydrogen-bond acceptors (Lipinski definition) is 2. The number of rotatable bonds is 8. The van der Waals surface area contributed by atoms with E-state index in [-0.39, 0.29) is 0 Å². The van der Waals surface area contributed by atoms with E-state index in [1.165, 1.54) is 25.8 Å². The van der Waals surface area contributed by atoms with Crippen LogP contribution in [0.1, 0.15) is 53.9 Å². The van der Waals surface area contributed by atoms with Crippen LogP contribution in [-0.4, -0.2) is 37.1 Å². The summed E-state index contributed by atoms with van der Waals surface area (Å²) in [6, 6.07) is 1.54. The summed E-state index contributed by atoms with van der Waals surface area (Å²) in [6.07, 6.45) is 4.13. The van der Waals surface area contributed by atoms with Crippen molar-refractivity contribution < 1.29 is 0 Å². The molecule has 1 aliphatic carbocycles. The van der Waals surface area contributed by atoms with Crippen LogP contribution in [-0.2, 0) is 0 Å². The maximum Gasteiger partial charge on any atom is 0.0135 e. The zero-order valence-corrected chi connectivity index (χ0v) is 13.4. The highest BCUT2D eigenvalue weighted by atomic mass is 15.2. The topological polar surface area (TPSA) is 15.3 Å². The van der Waals surface area contributed by atoms with Gasteiger partial charge in [0.1, 0.15) is 0 Å². The maximum absolute atomic E-state index is 3.62. The molecule has 1 N–H and O–H groups in total. The van der Waals surface area contributed by atoms with Crippen molar-refractivity contribution >= 4 is 0 Å². The Balaban J connectivity index is 2.28. The van der Waals surface area contributed by atoms with Crippen LogP contribution in [0, 0.1) is 17.8 Å². The van der Waals surface area contributed by atoms with Gasteiger partial charge in [0.15, 0.2) is 0 Å². The van der Waals surface area contributed by atoms with E-state index in [1.54, 1.807) is 0 Å². The van der Waals surface area contributed by atoms with Gasteiger partial charge in [0, 0.05) is 12.1 Å². The number of nitrogens with zero attached hydrogens (tertiary/aromatic N) is 1. The first kappa shape index (κ1) is 16.0. The van der Waals surface area contributed by atoms with E-state index >= 15 is 0 Å². The van der Waals surface area contributed by atoms with Gasteiger partial charge in [-0.2, -0.15) is 0 Å². The summed E-state index contributed by atoms with van der Waals surface area (Å²) in [5.74, 6) is 2.45. The highest BCUT2D eigenvalue weighted by molar-refractivity contribution is 4.90. The summed E-state index contributed by atoms with van der Waals surface area (Å²) < 4.78 is 0. The van der Waals surface area contributed by atoms with Crippen molar-refractivity contribution in [2.45, 2.75) is 66.0 Å². The number of nitrogens with one attached hydrogen (secondary N) is 1. The summed E-state index contributed by atoms with van der Waals surface area (Å²) in [7, 11) is 2.33. The predicted octanol–water partition coefficient (Wildman–Crippen LogP) is 3.38. The quantitative estimate of drug-likeness (QED) is 0.714. The van der Waals surface area contributed by atoms with Crippen molar-refractivity contribution in [2.24, 2.45) is 17.8 Å². The van der Waals surface area contributed by atoms with Crippen LogP contribution in [0.2, 0.25) is 0 Å². The smallest absolute Gasteiger partial charge is 0.0135 e. The molecule has 0 heterocycles. The minimum atomic E-state index is 0.725. The maximum atomic E-state index is 3.62. The lowest BCUT2D eigenvalue weighted by Gasteiger charge is -2.46. The second-order valence-corrected chi connectivity index (χ2v) is 7.10. The Bertz CT molecular complexity index is 225. The van der Waals surface area contributed by atoms with E-state index in [2.05, 4.69) is 51.9 Å². The second kappa shape index (κ2) is 7.49. The SMILES string of the molecule is CC(C)CNCC1CCC1N(C)C(C)CC(C)C. The van der Waals surface area contributed by atoms with Crippen LogP contribution in [0.4, 0.5) is 0 Å². The lowest BCUT2D eigenvalue weighted by Crippen LogP contribution is -2.52. The highest BCUT2D eigenvalue weighted by Gasteiger charge is 2.35. The Morgan fingerprint density at radius 2 is 1.72 bits per heavy atom. The van der Waals surface area contributed by atoms with Gasteiger partial charge in [-0.25, -0.2) is 0 Å². The van der Waals surface area contributed by atoms with E-state index < -0.39 is 0 Å². The molecule has 0 aromatic carbocycles. The molecule has 0 aromatic heterocycles. The molecule has 108 valence electrons. The standard InChI is InChI=1S/C16H34N2/c1-12(2)9-14(5)18(6)16-8-7-15(16)11-17-10-13(3)4/h12-17H,7-11H2,1-6H3. The monoisotopic (exact) mass is 254 g/mol. The molecule has 2 nitrogen and oxygen atoms in total. The van der Waals surface area contributed by atoms with E-state index in [0.29, 0.717) is 0 Å². The van der Waals surface area contributed by atoms with Gasteiger partial charge in [0.25, 0.3) is 0 Å². The molecule has 1 rings (SSSR count). The molecule has 3 atom stereocenters. The van der Waals surface area contributed by atoms with Gasteiger partial charge in [-0.3, -0.25) is 0 Å². The van der Waals surface area contributed by atoms with Crippen LogP contribution in [0.15, 0.2) is 0 Å². The summed E-state index contributed by atoms with van der Waals surface area (Å²) >= 11 is 0. The molecule has 0 radical (unpaired) electrons. The fourth-order valence-corrected chi connectivity index (χ4v) is 3.06. The Hall–Kier alpha value is -0.0800. The first-order chi connectivity index (χ1) is 8.41. The molecule has 3 unspecified atom stereocenters. The van der Waals surface area contributed by atoms with Crippen molar-refractivity contribution in [3.63, 3.8) is 0 Å². The van der Waals surface area contributed by atoms with Gasteiger partial charge in [0.2, 0.25) is 0 Å². The predicted molar refractivity (Wildman–Crippen MR) is 80.9 cm³/mol. The molecule has 0 aliphatic heterocycles. The third-order valence-electron chi connectivity index (χ3n) is 4.37. The van der Waals surface area contributed by atoms with Crippen molar-refractivity contribution in [1.82, 2.24) is 10.2 Å². The molecule has 1 aliphatic rings. The molecule has 2 heteroatoms. The van der Waals surface area contributed by atoms with Crippen molar-refractivity contribution in [1.29, 1.82) is 0 Å². The molecule has 1 saturated carbocycles. The second-order valence-electron chi connectivity index (χ2n) is 7.10. The van der Waals surface area contributed by atoms with Gasteiger partial charge in [0.05, 0.1) is 0 Å². The molecule has 1 fully saturated rings. The Kier molecular flexibility index (Phi) is 6.65. The highest BCUT2D eigenvalue weighted by Crippen LogP contribution is 2.32. The van der Waals surface area contributed by atoms with Crippen LogP contribution in [0.25, 0.3) is 0 Å². The molecular weight excluding hydrogens is 220 g/mol. The van der Waals surface area contributed by atoms with Gasteiger partial charge in [-0.15, -0.1) is 0 Å². The Labute approximate surface area is 115 Å². The normalized spacial score (nSPS) is 25.8. The van der Waals surface area contributed by atoms with Gasteiger partial charge >= 0.3 is 0 Å². The van der Waals surface area contributed by atoms with Crippen LogP contribution in [0.3, 0.4) is 0 Å². The summed E-state index contributed by atoms with van der Waals surface area (Å²) in [5.41, 5.74) is 0. The molecule has 0 saturated heterocycles. The average Bonchev–Trinajstić information content (AvgIpc) is 2.21. The largest absolute Gasteiger partial charge is 0.316 e. The first-order valence-electron chi connectivity index (χ1n) is 7.84. The molecular formula is C16H34N2. The molecule has 0 aromatic rings. The van der Waals surface area contributed by atoms with Crippen molar-refractivity contribution in [3.8, 4) is 0 Å². The van der Waals surface area contributed by atoms with Gasteiger partial charge in [-0.05, 0) is 64.1 Å². The minimum absolute atomic E-state index is 0.725. The Morgan fingerprint density at radius 3 is 2.17 bits per heavy atom. The van der Waals surface area contributed by atoms with Crippen LogP contribution < -0.4 is 5.32 Å². The molecule has 0 spiro atoms. The van der Waals surface area contributed by atoms with E-state index in [9.17, 15) is 0 Å². The van der Waals surface area contributed by atoms with E-state index in [1.807, 2.05) is 0 Å². The molecule has 0 amide bonds. The zero-order valence-electron chi connectivity index (χ0n) is 13.4.